The predicted molar refractivity (Wildman–Crippen MR) is 178 cm³/mol. The molecule has 0 atom stereocenters. The first-order valence-electron chi connectivity index (χ1n) is 14.5. The van der Waals surface area contributed by atoms with Gasteiger partial charge in [0.05, 0.1) is 21.2 Å². The summed E-state index contributed by atoms with van der Waals surface area (Å²) in [5, 5.41) is 7.24. The van der Waals surface area contributed by atoms with Crippen molar-refractivity contribution in [3.05, 3.63) is 131 Å². The van der Waals surface area contributed by atoms with Gasteiger partial charge in [-0.2, -0.15) is 13.5 Å². The first kappa shape index (κ1) is 35.0. The smallest absolute Gasteiger partial charge is 0.328 e. The third-order valence-corrected chi connectivity index (χ3v) is 9.40. The normalized spacial score (nSPS) is 11.4. The van der Waals surface area contributed by atoms with Gasteiger partial charge in [0.1, 0.15) is 5.82 Å². The molecule has 10 nitrogen and oxygen atoms in total. The van der Waals surface area contributed by atoms with Crippen LogP contribution in [0.15, 0.2) is 107 Å². The van der Waals surface area contributed by atoms with Gasteiger partial charge in [0.25, 0.3) is 20.1 Å². The summed E-state index contributed by atoms with van der Waals surface area (Å²) in [5.74, 6) is -0.281. The molecule has 5 aromatic rings. The Morgan fingerprint density at radius 1 is 0.766 bits per heavy atom. The molecule has 0 spiro atoms. The number of nitrogens with zero attached hydrogens (tertiary/aromatic N) is 2. The van der Waals surface area contributed by atoms with Crippen LogP contribution in [0.4, 0.5) is 9.18 Å². The number of carbonyl (C=O) groups is 1. The Hall–Kier alpha value is -4.85. The Bertz CT molecular complexity index is 2060. The third-order valence-electron chi connectivity index (χ3n) is 7.18. The number of urea groups is 1. The number of amides is 2. The average molecular weight is 679 g/mol. The number of aryl methyl sites for hydroxylation is 3. The Morgan fingerprint density at radius 3 is 1.83 bits per heavy atom. The van der Waals surface area contributed by atoms with Gasteiger partial charge in [-0.3, -0.25) is 4.55 Å². The highest BCUT2D eigenvalue weighted by molar-refractivity contribution is 7.90. The van der Waals surface area contributed by atoms with E-state index in [1.54, 1.807) is 36.4 Å². The van der Waals surface area contributed by atoms with Crippen molar-refractivity contribution in [3.63, 3.8) is 0 Å². The summed E-state index contributed by atoms with van der Waals surface area (Å²) in [7, 11) is -7.95. The van der Waals surface area contributed by atoms with E-state index < -0.39 is 26.2 Å². The maximum Gasteiger partial charge on any atom is 0.328 e. The van der Waals surface area contributed by atoms with Gasteiger partial charge >= 0.3 is 6.03 Å². The van der Waals surface area contributed by atoms with E-state index in [2.05, 4.69) is 10.4 Å². The zero-order valence-electron chi connectivity index (χ0n) is 26.2. The van der Waals surface area contributed by atoms with E-state index in [0.29, 0.717) is 6.42 Å². The molecule has 13 heteroatoms. The molecule has 2 amide bonds. The van der Waals surface area contributed by atoms with E-state index in [1.807, 2.05) is 61.4 Å². The van der Waals surface area contributed by atoms with E-state index >= 15 is 0 Å². The molecule has 3 N–H and O–H groups in total. The van der Waals surface area contributed by atoms with Crippen molar-refractivity contribution in [1.29, 1.82) is 0 Å². The van der Waals surface area contributed by atoms with Crippen LogP contribution in [0.25, 0.3) is 16.8 Å². The molecule has 0 bridgehead atoms. The summed E-state index contributed by atoms with van der Waals surface area (Å²) >= 11 is 0. The minimum Gasteiger partial charge on any atom is -0.337 e. The number of aromatic nitrogens is 2. The minimum absolute atomic E-state index is 0.0329. The lowest BCUT2D eigenvalue weighted by atomic mass is 10.0. The topological polar surface area (TPSA) is 147 Å². The Kier molecular flexibility index (Phi) is 11.0. The SMILES string of the molecule is Cc1ccc(S(=O)(=O)NC(=O)NCCc2ccc(-n3nc(C)c(-c4ccc(F)cc4)c3C)cc2)cc1.Cc1ccc(S(=O)(=O)O)cc1. The van der Waals surface area contributed by atoms with Crippen molar-refractivity contribution >= 4 is 26.2 Å². The molecule has 0 radical (unpaired) electrons. The zero-order chi connectivity index (χ0) is 34.4. The third kappa shape index (κ3) is 9.35. The zero-order valence-corrected chi connectivity index (χ0v) is 27.9. The second-order valence-corrected chi connectivity index (χ2v) is 13.9. The summed E-state index contributed by atoms with van der Waals surface area (Å²) in [4.78, 5) is 12.1. The van der Waals surface area contributed by atoms with E-state index in [1.165, 1.54) is 36.4 Å². The quantitative estimate of drug-likeness (QED) is 0.169. The van der Waals surface area contributed by atoms with Gasteiger partial charge < -0.3 is 5.32 Å². The van der Waals surface area contributed by atoms with E-state index in [0.717, 1.165) is 44.9 Å². The monoisotopic (exact) mass is 678 g/mol. The average Bonchev–Trinajstić information content (AvgIpc) is 3.31. The van der Waals surface area contributed by atoms with Crippen molar-refractivity contribution in [2.24, 2.45) is 0 Å². The fraction of sp³-hybridized carbons (Fsp3) is 0.176. The number of nitrogens with one attached hydrogen (secondary N) is 2. The molecule has 246 valence electrons. The lowest BCUT2D eigenvalue weighted by Gasteiger charge is -2.10. The molecule has 5 rings (SSSR count). The van der Waals surface area contributed by atoms with Crippen molar-refractivity contribution in [1.82, 2.24) is 19.8 Å². The standard InChI is InChI=1S/C27H27FN4O3S.C7H8O3S/c1-18-4-14-25(15-5-18)36(34,35)31-27(33)29-17-16-21-6-12-24(13-7-21)32-20(3)26(19(2)30-32)22-8-10-23(28)11-9-22;1-6-2-4-7(5-3-6)11(8,9)10/h4-15H,16-17H2,1-3H3,(H2,29,31,33);2-5H,1H3,(H,8,9,10). The molecule has 0 saturated heterocycles. The maximum absolute atomic E-state index is 13.3. The number of rotatable bonds is 8. The van der Waals surface area contributed by atoms with Crippen molar-refractivity contribution in [2.75, 3.05) is 6.54 Å². The lowest BCUT2D eigenvalue weighted by Crippen LogP contribution is -2.40. The van der Waals surface area contributed by atoms with Crippen molar-refractivity contribution in [3.8, 4) is 16.8 Å². The number of benzene rings is 4. The molecule has 0 saturated carbocycles. The van der Waals surface area contributed by atoms with Crippen LogP contribution in [-0.4, -0.2) is 43.7 Å². The summed E-state index contributed by atoms with van der Waals surface area (Å²) < 4.78 is 71.4. The van der Waals surface area contributed by atoms with Gasteiger partial charge in [0, 0.05) is 17.8 Å². The molecule has 4 aromatic carbocycles. The molecule has 0 fully saturated rings. The van der Waals surface area contributed by atoms with Crippen LogP contribution in [-0.2, 0) is 26.6 Å². The highest BCUT2D eigenvalue weighted by Crippen LogP contribution is 2.29. The van der Waals surface area contributed by atoms with Gasteiger partial charge in [-0.05, 0) is 93.8 Å². The molecule has 1 heterocycles. The number of sulfonamides is 1. The Balaban J connectivity index is 0.000000385. The van der Waals surface area contributed by atoms with Crippen LogP contribution in [0.5, 0.6) is 0 Å². The van der Waals surface area contributed by atoms with E-state index in [9.17, 15) is 26.0 Å². The van der Waals surface area contributed by atoms with E-state index in [-0.39, 0.29) is 22.2 Å². The molecular weight excluding hydrogens is 644 g/mol. The largest absolute Gasteiger partial charge is 0.337 e. The molecular formula is C34H35FN4O6S2. The first-order chi connectivity index (χ1) is 22.1. The molecule has 0 unspecified atom stereocenters. The van der Waals surface area contributed by atoms with Crippen LogP contribution in [0.1, 0.15) is 28.1 Å². The van der Waals surface area contributed by atoms with Gasteiger partial charge in [-0.1, -0.05) is 59.7 Å². The first-order valence-corrected chi connectivity index (χ1v) is 17.4. The van der Waals surface area contributed by atoms with Crippen LogP contribution >= 0.6 is 0 Å². The fourth-order valence-electron chi connectivity index (χ4n) is 4.70. The van der Waals surface area contributed by atoms with Gasteiger partial charge in [-0.25, -0.2) is 27.0 Å². The van der Waals surface area contributed by atoms with Crippen LogP contribution in [0.2, 0.25) is 0 Å². The maximum atomic E-state index is 13.3. The molecule has 0 aliphatic rings. The summed E-state index contributed by atoms with van der Waals surface area (Å²) in [6, 6.07) is 25.6. The fourth-order valence-corrected chi connectivity index (χ4v) is 6.11. The highest BCUT2D eigenvalue weighted by atomic mass is 32.2. The van der Waals surface area contributed by atoms with Crippen molar-refractivity contribution in [2.45, 2.75) is 43.9 Å². The van der Waals surface area contributed by atoms with Crippen molar-refractivity contribution < 1.29 is 30.6 Å². The molecule has 1 aromatic heterocycles. The van der Waals surface area contributed by atoms with Gasteiger partial charge in [0.2, 0.25) is 0 Å². The van der Waals surface area contributed by atoms with Crippen LogP contribution in [0.3, 0.4) is 0 Å². The number of hydrogen-bond donors (Lipinski definition) is 3. The second-order valence-electron chi connectivity index (χ2n) is 10.8. The van der Waals surface area contributed by atoms with E-state index in [4.69, 9.17) is 4.55 Å². The highest BCUT2D eigenvalue weighted by Gasteiger charge is 2.17. The number of halogens is 1. The summed E-state index contributed by atoms with van der Waals surface area (Å²) in [6.07, 6.45) is 0.524. The molecule has 47 heavy (non-hydrogen) atoms. The molecule has 0 aliphatic heterocycles. The Morgan fingerprint density at radius 2 is 1.30 bits per heavy atom. The van der Waals surface area contributed by atoms with Gasteiger partial charge in [-0.15, -0.1) is 0 Å². The number of hydrogen-bond acceptors (Lipinski definition) is 6. The van der Waals surface area contributed by atoms with Crippen LogP contribution in [0, 0.1) is 33.5 Å². The Labute approximate surface area is 274 Å². The summed E-state index contributed by atoms with van der Waals surface area (Å²) in [5.41, 5.74) is 7.40. The van der Waals surface area contributed by atoms with Gasteiger partial charge in [0.15, 0.2) is 0 Å². The summed E-state index contributed by atoms with van der Waals surface area (Å²) in [6.45, 7) is 7.86. The minimum atomic E-state index is -4.02. The lowest BCUT2D eigenvalue weighted by molar-refractivity contribution is 0.246. The van der Waals surface area contributed by atoms with Crippen LogP contribution < -0.4 is 10.0 Å². The second kappa shape index (κ2) is 14.7. The molecule has 0 aliphatic carbocycles. The number of carbonyl (C=O) groups excluding carboxylic acids is 1. The predicted octanol–water partition coefficient (Wildman–Crippen LogP) is 6.08.